The summed E-state index contributed by atoms with van der Waals surface area (Å²) in [6.07, 6.45) is 4.70. The molecule has 4 rings (SSSR count). The van der Waals surface area contributed by atoms with Crippen molar-refractivity contribution in [2.45, 2.75) is 57.7 Å². The molecule has 7 atom stereocenters. The zero-order chi connectivity index (χ0) is 19.8. The van der Waals surface area contributed by atoms with Gasteiger partial charge in [-0.2, -0.15) is 0 Å². The van der Waals surface area contributed by atoms with Gasteiger partial charge >= 0.3 is 0 Å². The summed E-state index contributed by atoms with van der Waals surface area (Å²) in [6, 6.07) is 0. The summed E-state index contributed by atoms with van der Waals surface area (Å²) in [5.74, 6) is -0.687. The Labute approximate surface area is 158 Å². The molecule has 4 aliphatic carbocycles. The Hall–Kier alpha value is -1.50. The maximum Gasteiger partial charge on any atom is 0.192 e. The number of Topliss-reactive ketones (excluding diaryl/α,β-unsaturated/α-hetero) is 1. The SMILES string of the molecule is C[C@]12C(O)=CC(=O)C=C1CC[C@@H]1[C@@H]2CC[C@@]2(C)[C@H]1C[C@@H](O)[C@]2(O)C(=O)CO. The Morgan fingerprint density at radius 2 is 1.93 bits per heavy atom. The molecule has 0 aromatic carbocycles. The normalized spacial score (nSPS) is 48.9. The van der Waals surface area contributed by atoms with Crippen molar-refractivity contribution in [1.29, 1.82) is 0 Å². The van der Waals surface area contributed by atoms with Crippen molar-refractivity contribution in [3.63, 3.8) is 0 Å². The number of carbonyl (C=O) groups is 2. The average molecular weight is 376 g/mol. The second kappa shape index (κ2) is 5.75. The summed E-state index contributed by atoms with van der Waals surface area (Å²) in [6.45, 7) is 3.04. The number of allylic oxidation sites excluding steroid dienone is 3. The van der Waals surface area contributed by atoms with Gasteiger partial charge in [0.15, 0.2) is 17.2 Å². The number of hydrogen-bond acceptors (Lipinski definition) is 6. The molecule has 4 N–H and O–H groups in total. The third-order valence-electron chi connectivity index (χ3n) is 8.51. The van der Waals surface area contributed by atoms with Crippen molar-refractivity contribution >= 4 is 11.6 Å². The third-order valence-corrected chi connectivity index (χ3v) is 8.51. The molecule has 0 aromatic heterocycles. The van der Waals surface area contributed by atoms with Crippen LogP contribution >= 0.6 is 0 Å². The second-order valence-corrected chi connectivity index (χ2v) is 9.27. The topological polar surface area (TPSA) is 115 Å². The highest BCUT2D eigenvalue weighted by Crippen LogP contribution is 2.67. The highest BCUT2D eigenvalue weighted by molar-refractivity contribution is 6.01. The first-order chi connectivity index (χ1) is 12.6. The molecule has 4 aliphatic rings. The van der Waals surface area contributed by atoms with Crippen LogP contribution in [0.4, 0.5) is 0 Å². The number of fused-ring (bicyclic) bond motifs is 5. The van der Waals surface area contributed by atoms with Crippen LogP contribution in [0, 0.1) is 28.6 Å². The van der Waals surface area contributed by atoms with Crippen molar-refractivity contribution in [2.75, 3.05) is 6.61 Å². The van der Waals surface area contributed by atoms with Gasteiger partial charge < -0.3 is 20.4 Å². The van der Waals surface area contributed by atoms with Crippen LogP contribution in [-0.2, 0) is 9.59 Å². The molecule has 0 aromatic rings. The molecule has 0 aliphatic heterocycles. The summed E-state index contributed by atoms with van der Waals surface area (Å²) >= 11 is 0. The fraction of sp³-hybridized carbons (Fsp3) is 0.714. The van der Waals surface area contributed by atoms with Crippen LogP contribution in [0.15, 0.2) is 23.5 Å². The number of carbonyl (C=O) groups excluding carboxylic acids is 2. The quantitative estimate of drug-likeness (QED) is 0.580. The van der Waals surface area contributed by atoms with Crippen LogP contribution in [0.25, 0.3) is 0 Å². The van der Waals surface area contributed by atoms with Gasteiger partial charge in [0.2, 0.25) is 0 Å². The zero-order valence-corrected chi connectivity index (χ0v) is 15.8. The molecule has 6 heteroatoms. The fourth-order valence-corrected chi connectivity index (χ4v) is 6.95. The van der Waals surface area contributed by atoms with Gasteiger partial charge in [-0.1, -0.05) is 12.5 Å². The minimum atomic E-state index is -1.94. The summed E-state index contributed by atoms with van der Waals surface area (Å²) in [5, 5.41) is 41.8. The molecule has 0 radical (unpaired) electrons. The van der Waals surface area contributed by atoms with E-state index in [-0.39, 0.29) is 29.3 Å². The van der Waals surface area contributed by atoms with E-state index in [2.05, 4.69) is 0 Å². The van der Waals surface area contributed by atoms with Crippen LogP contribution in [0.2, 0.25) is 0 Å². The molecule has 0 unspecified atom stereocenters. The molecule has 3 fully saturated rings. The highest BCUT2D eigenvalue weighted by Gasteiger charge is 2.70. The Morgan fingerprint density at radius 1 is 1.22 bits per heavy atom. The van der Waals surface area contributed by atoms with E-state index in [0.717, 1.165) is 12.0 Å². The molecule has 27 heavy (non-hydrogen) atoms. The van der Waals surface area contributed by atoms with E-state index in [9.17, 15) is 30.0 Å². The van der Waals surface area contributed by atoms with Crippen LogP contribution in [0.5, 0.6) is 0 Å². The summed E-state index contributed by atoms with van der Waals surface area (Å²) < 4.78 is 0. The van der Waals surface area contributed by atoms with E-state index in [4.69, 9.17) is 0 Å². The molecule has 148 valence electrons. The molecular formula is C21H28O6. The number of aliphatic hydroxyl groups excluding tert-OH is 3. The Balaban J connectivity index is 1.75. The van der Waals surface area contributed by atoms with E-state index < -0.39 is 34.9 Å². The van der Waals surface area contributed by atoms with Crippen LogP contribution in [-0.4, -0.2) is 50.3 Å². The molecule has 0 bridgehead atoms. The molecular weight excluding hydrogens is 348 g/mol. The first kappa shape index (κ1) is 18.8. The zero-order valence-electron chi connectivity index (χ0n) is 15.8. The Morgan fingerprint density at radius 3 is 2.59 bits per heavy atom. The summed E-state index contributed by atoms with van der Waals surface area (Å²) in [4.78, 5) is 24.3. The molecule has 0 heterocycles. The van der Waals surface area contributed by atoms with Crippen LogP contribution in [0.3, 0.4) is 0 Å². The van der Waals surface area contributed by atoms with E-state index in [1.807, 2.05) is 13.8 Å². The molecule has 0 spiro atoms. The molecule has 3 saturated carbocycles. The smallest absolute Gasteiger partial charge is 0.192 e. The van der Waals surface area contributed by atoms with Gasteiger partial charge in [0, 0.05) is 16.9 Å². The number of hydrogen-bond donors (Lipinski definition) is 4. The standard InChI is InChI=1S/C21H28O6/c1-19-6-5-14-13(15(19)9-17(25)21(19,27)18(26)10-22)4-3-11-7-12(23)8-16(24)20(11,14)2/h7-8,13-15,17,22,24-25,27H,3-6,9-10H2,1-2H3/t13-,14+,15+,17-,19+,20+,21+/m1/s1. The number of aliphatic hydroxyl groups is 4. The predicted molar refractivity (Wildman–Crippen MR) is 96.6 cm³/mol. The van der Waals surface area contributed by atoms with Gasteiger partial charge in [-0.25, -0.2) is 0 Å². The lowest BCUT2D eigenvalue weighted by molar-refractivity contribution is -0.177. The highest BCUT2D eigenvalue weighted by atomic mass is 16.4. The van der Waals surface area contributed by atoms with Gasteiger partial charge in [0.25, 0.3) is 0 Å². The van der Waals surface area contributed by atoms with Crippen LogP contribution in [0.1, 0.15) is 46.0 Å². The first-order valence-corrected chi connectivity index (χ1v) is 9.81. The third kappa shape index (κ3) is 2.12. The molecule has 0 amide bonds. The van der Waals surface area contributed by atoms with Crippen molar-refractivity contribution in [1.82, 2.24) is 0 Å². The van der Waals surface area contributed by atoms with Gasteiger partial charge in [-0.3, -0.25) is 9.59 Å². The monoisotopic (exact) mass is 376 g/mol. The minimum Gasteiger partial charge on any atom is -0.511 e. The fourth-order valence-electron chi connectivity index (χ4n) is 6.95. The number of ketones is 2. The van der Waals surface area contributed by atoms with Crippen molar-refractivity contribution < 1.29 is 30.0 Å². The lowest BCUT2D eigenvalue weighted by Gasteiger charge is -2.58. The van der Waals surface area contributed by atoms with Crippen molar-refractivity contribution in [2.24, 2.45) is 28.6 Å². The van der Waals surface area contributed by atoms with Gasteiger partial charge in [0.1, 0.15) is 12.4 Å². The predicted octanol–water partition coefficient (Wildman–Crippen LogP) is 1.44. The summed E-state index contributed by atoms with van der Waals surface area (Å²) in [5.41, 5.74) is -2.40. The van der Waals surface area contributed by atoms with Crippen molar-refractivity contribution in [3.8, 4) is 0 Å². The lowest BCUT2D eigenvalue weighted by atomic mass is 9.46. The summed E-state index contributed by atoms with van der Waals surface area (Å²) in [7, 11) is 0. The largest absolute Gasteiger partial charge is 0.511 e. The van der Waals surface area contributed by atoms with Gasteiger partial charge in [0.05, 0.1) is 6.10 Å². The van der Waals surface area contributed by atoms with Gasteiger partial charge in [-0.05, 0) is 62.9 Å². The minimum absolute atomic E-state index is 0.0821. The lowest BCUT2D eigenvalue weighted by Crippen LogP contribution is -2.61. The van der Waals surface area contributed by atoms with E-state index in [0.29, 0.717) is 25.7 Å². The Kier molecular flexibility index (Phi) is 4.01. The average Bonchev–Trinajstić information content (AvgIpc) is 2.83. The van der Waals surface area contributed by atoms with E-state index in [1.54, 1.807) is 6.08 Å². The Bertz CT molecular complexity index is 769. The van der Waals surface area contributed by atoms with Gasteiger partial charge in [-0.15, -0.1) is 0 Å². The molecule has 6 nitrogen and oxygen atoms in total. The number of rotatable bonds is 2. The first-order valence-electron chi connectivity index (χ1n) is 9.81. The van der Waals surface area contributed by atoms with E-state index >= 15 is 0 Å². The molecule has 0 saturated heterocycles. The maximum absolute atomic E-state index is 12.4. The second-order valence-electron chi connectivity index (χ2n) is 9.27. The van der Waals surface area contributed by atoms with Crippen LogP contribution < -0.4 is 0 Å². The maximum atomic E-state index is 12.4. The van der Waals surface area contributed by atoms with Crippen molar-refractivity contribution in [3.05, 3.63) is 23.5 Å². The van der Waals surface area contributed by atoms with E-state index in [1.165, 1.54) is 6.08 Å².